The summed E-state index contributed by atoms with van der Waals surface area (Å²) in [5.41, 5.74) is 0.840. The normalized spacial score (nSPS) is 10.0. The van der Waals surface area contributed by atoms with E-state index < -0.39 is 0 Å². The van der Waals surface area contributed by atoms with E-state index in [0.717, 1.165) is 5.56 Å². The van der Waals surface area contributed by atoms with Gasteiger partial charge in [-0.2, -0.15) is 3.89 Å². The van der Waals surface area contributed by atoms with Gasteiger partial charge in [0.25, 0.3) is 0 Å². The number of halogens is 1. The van der Waals surface area contributed by atoms with Crippen LogP contribution in [0.1, 0.15) is 5.56 Å². The molecule has 0 unspecified atom stereocenters. The molecule has 0 aliphatic carbocycles. The van der Waals surface area contributed by atoms with Crippen LogP contribution in [-0.2, 0) is 6.61 Å². The standard InChI is InChI=1S/C9H11FO2S/c10-13-6-5-12-9-3-1-8(7-11)2-4-9/h1-4,11H,5-7H2. The fraction of sp³-hybridized carbons (Fsp3) is 0.333. The summed E-state index contributed by atoms with van der Waals surface area (Å²) in [5.74, 6) is 1.04. The number of ether oxygens (including phenoxy) is 1. The van der Waals surface area contributed by atoms with Crippen LogP contribution >= 0.6 is 12.1 Å². The van der Waals surface area contributed by atoms with Gasteiger partial charge >= 0.3 is 0 Å². The van der Waals surface area contributed by atoms with E-state index in [2.05, 4.69) is 0 Å². The number of aliphatic hydroxyl groups is 1. The van der Waals surface area contributed by atoms with Crippen LogP contribution in [0.15, 0.2) is 24.3 Å². The molecule has 2 nitrogen and oxygen atoms in total. The van der Waals surface area contributed by atoms with Crippen molar-refractivity contribution in [2.75, 3.05) is 12.4 Å². The van der Waals surface area contributed by atoms with Gasteiger partial charge < -0.3 is 9.84 Å². The van der Waals surface area contributed by atoms with Crippen molar-refractivity contribution in [3.05, 3.63) is 29.8 Å². The summed E-state index contributed by atoms with van der Waals surface area (Å²) in [6.45, 7) is 0.389. The van der Waals surface area contributed by atoms with Crippen molar-refractivity contribution < 1.29 is 13.7 Å². The molecule has 0 amide bonds. The van der Waals surface area contributed by atoms with Gasteiger partial charge in [-0.15, -0.1) is 0 Å². The number of benzene rings is 1. The molecule has 1 rings (SSSR count). The number of hydrogen-bond acceptors (Lipinski definition) is 3. The van der Waals surface area contributed by atoms with Gasteiger partial charge in [0.1, 0.15) is 5.75 Å². The molecular weight excluding hydrogens is 191 g/mol. The lowest BCUT2D eigenvalue weighted by molar-refractivity contribution is 0.281. The van der Waals surface area contributed by atoms with E-state index in [1.54, 1.807) is 24.3 Å². The third-order valence-corrected chi connectivity index (χ3v) is 1.86. The van der Waals surface area contributed by atoms with Crippen molar-refractivity contribution in [1.29, 1.82) is 0 Å². The van der Waals surface area contributed by atoms with Crippen molar-refractivity contribution in [1.82, 2.24) is 0 Å². The van der Waals surface area contributed by atoms with Crippen molar-refractivity contribution >= 4 is 12.1 Å². The summed E-state index contributed by atoms with van der Waals surface area (Å²) < 4.78 is 16.8. The minimum atomic E-state index is 0.0284. The van der Waals surface area contributed by atoms with E-state index in [1.807, 2.05) is 0 Å². The van der Waals surface area contributed by atoms with Crippen LogP contribution in [0, 0.1) is 0 Å². The first-order valence-corrected chi connectivity index (χ1v) is 4.81. The lowest BCUT2D eigenvalue weighted by atomic mass is 10.2. The zero-order chi connectivity index (χ0) is 9.52. The van der Waals surface area contributed by atoms with Crippen molar-refractivity contribution in [2.45, 2.75) is 6.61 Å². The summed E-state index contributed by atoms with van der Waals surface area (Å²) in [4.78, 5) is 0. The van der Waals surface area contributed by atoms with Gasteiger partial charge in [-0.3, -0.25) is 0 Å². The molecule has 0 radical (unpaired) electrons. The molecule has 0 heterocycles. The van der Waals surface area contributed by atoms with Crippen LogP contribution in [0.5, 0.6) is 5.75 Å². The van der Waals surface area contributed by atoms with Gasteiger partial charge in [-0.05, 0) is 17.7 Å². The van der Waals surface area contributed by atoms with Gasteiger partial charge in [-0.1, -0.05) is 12.1 Å². The second kappa shape index (κ2) is 5.83. The molecule has 1 aromatic rings. The molecule has 0 saturated heterocycles. The summed E-state index contributed by atoms with van der Waals surface area (Å²) in [6.07, 6.45) is 0. The highest BCUT2D eigenvalue weighted by molar-refractivity contribution is 7.94. The zero-order valence-electron chi connectivity index (χ0n) is 7.07. The highest BCUT2D eigenvalue weighted by Gasteiger charge is 1.94. The van der Waals surface area contributed by atoms with Crippen LogP contribution in [0.25, 0.3) is 0 Å². The topological polar surface area (TPSA) is 29.5 Å². The largest absolute Gasteiger partial charge is 0.493 e. The molecule has 0 spiro atoms. The second-order valence-corrected chi connectivity index (χ2v) is 3.09. The van der Waals surface area contributed by atoms with Crippen LogP contribution < -0.4 is 4.74 Å². The van der Waals surface area contributed by atoms with Crippen LogP contribution in [-0.4, -0.2) is 17.5 Å². The quantitative estimate of drug-likeness (QED) is 0.742. The van der Waals surface area contributed by atoms with E-state index in [4.69, 9.17) is 9.84 Å². The maximum atomic E-state index is 11.6. The molecule has 1 N–H and O–H groups in total. The van der Waals surface area contributed by atoms with E-state index in [0.29, 0.717) is 18.1 Å². The lowest BCUT2D eigenvalue weighted by Crippen LogP contribution is -1.98. The molecular formula is C9H11FO2S. The number of rotatable bonds is 5. The predicted octanol–water partition coefficient (Wildman–Crippen LogP) is 2.18. The molecule has 1 aromatic carbocycles. The Morgan fingerprint density at radius 1 is 1.31 bits per heavy atom. The van der Waals surface area contributed by atoms with Gasteiger partial charge in [-0.25, -0.2) is 0 Å². The second-order valence-electron chi connectivity index (χ2n) is 2.46. The Kier molecular flexibility index (Phi) is 4.64. The van der Waals surface area contributed by atoms with Gasteiger partial charge in [0.05, 0.1) is 19.0 Å². The first-order valence-electron chi connectivity index (χ1n) is 3.93. The Bertz CT molecular complexity index is 238. The maximum absolute atomic E-state index is 11.6. The lowest BCUT2D eigenvalue weighted by Gasteiger charge is -2.04. The van der Waals surface area contributed by atoms with E-state index >= 15 is 0 Å². The van der Waals surface area contributed by atoms with Gasteiger partial charge in [0.15, 0.2) is 0 Å². The fourth-order valence-corrected chi connectivity index (χ4v) is 1.03. The smallest absolute Gasteiger partial charge is 0.119 e. The third kappa shape index (κ3) is 3.65. The molecule has 0 saturated carbocycles. The molecule has 72 valence electrons. The Morgan fingerprint density at radius 2 is 2.00 bits per heavy atom. The van der Waals surface area contributed by atoms with E-state index in [-0.39, 0.29) is 18.8 Å². The molecule has 0 aromatic heterocycles. The summed E-state index contributed by atoms with van der Waals surface area (Å²) in [7, 11) is 0. The van der Waals surface area contributed by atoms with Crippen LogP contribution in [0.2, 0.25) is 0 Å². The molecule has 0 aliphatic rings. The maximum Gasteiger partial charge on any atom is 0.119 e. The SMILES string of the molecule is OCc1ccc(OCCSF)cc1. The van der Waals surface area contributed by atoms with Crippen molar-refractivity contribution in [3.8, 4) is 5.75 Å². The van der Waals surface area contributed by atoms with E-state index in [9.17, 15) is 3.89 Å². The van der Waals surface area contributed by atoms with Gasteiger partial charge in [0, 0.05) is 12.1 Å². The monoisotopic (exact) mass is 202 g/mol. The number of hydrogen-bond donors (Lipinski definition) is 1. The number of aliphatic hydroxyl groups excluding tert-OH is 1. The summed E-state index contributed by atoms with van der Waals surface area (Å²) >= 11 is 0.264. The molecule has 13 heavy (non-hydrogen) atoms. The third-order valence-electron chi connectivity index (χ3n) is 1.54. The van der Waals surface area contributed by atoms with Crippen LogP contribution in [0.4, 0.5) is 3.89 Å². The average Bonchev–Trinajstić information content (AvgIpc) is 2.19. The molecule has 0 aliphatic heterocycles. The Hall–Kier alpha value is -0.740. The van der Waals surface area contributed by atoms with Crippen molar-refractivity contribution in [3.63, 3.8) is 0 Å². The highest BCUT2D eigenvalue weighted by atomic mass is 32.2. The molecule has 0 atom stereocenters. The first kappa shape index (κ1) is 10.3. The predicted molar refractivity (Wildman–Crippen MR) is 51.4 cm³/mol. The van der Waals surface area contributed by atoms with Crippen LogP contribution in [0.3, 0.4) is 0 Å². The minimum absolute atomic E-state index is 0.0284. The average molecular weight is 202 g/mol. The molecule has 0 fully saturated rings. The Morgan fingerprint density at radius 3 is 2.54 bits per heavy atom. The zero-order valence-corrected chi connectivity index (χ0v) is 7.89. The Balaban J connectivity index is 2.40. The highest BCUT2D eigenvalue weighted by Crippen LogP contribution is 2.12. The first-order chi connectivity index (χ1) is 6.36. The molecule has 0 bridgehead atoms. The summed E-state index contributed by atoms with van der Waals surface area (Å²) in [5, 5.41) is 8.75. The van der Waals surface area contributed by atoms with Gasteiger partial charge in [0.2, 0.25) is 0 Å². The van der Waals surface area contributed by atoms with Crippen molar-refractivity contribution in [2.24, 2.45) is 0 Å². The molecule has 4 heteroatoms. The van der Waals surface area contributed by atoms with E-state index in [1.165, 1.54) is 0 Å². The Labute approximate surface area is 81.0 Å². The summed E-state index contributed by atoms with van der Waals surface area (Å²) in [6, 6.07) is 7.07. The fourth-order valence-electron chi connectivity index (χ4n) is 0.882. The minimum Gasteiger partial charge on any atom is -0.493 e.